The van der Waals surface area contributed by atoms with E-state index in [1.807, 2.05) is 32.6 Å². The van der Waals surface area contributed by atoms with Crippen LogP contribution in [0.4, 0.5) is 0 Å². The van der Waals surface area contributed by atoms with Crippen LogP contribution in [0.25, 0.3) is 0 Å². The van der Waals surface area contributed by atoms with Gasteiger partial charge in [0.2, 0.25) is 8.32 Å². The fourth-order valence-electron chi connectivity index (χ4n) is 0.796. The van der Waals surface area contributed by atoms with Gasteiger partial charge in [-0.3, -0.25) is 0 Å². The maximum Gasteiger partial charge on any atom is 0.335 e. The Morgan fingerprint density at radius 3 is 2.43 bits per heavy atom. The molecule has 0 atom stereocenters. The molecule has 0 bridgehead atoms. The third-order valence-corrected chi connectivity index (χ3v) is 2.17. The number of hydrogen-bond acceptors (Lipinski definition) is 3. The summed E-state index contributed by atoms with van der Waals surface area (Å²) in [6.07, 6.45) is 3.30. The van der Waals surface area contributed by atoms with Gasteiger partial charge in [0, 0.05) is 0 Å². The third kappa shape index (κ3) is 5.54. The summed E-state index contributed by atoms with van der Waals surface area (Å²) < 4.78 is 5.20. The second-order valence-corrected chi connectivity index (χ2v) is 8.45. The highest BCUT2D eigenvalue weighted by atomic mass is 28.4. The van der Waals surface area contributed by atoms with Gasteiger partial charge in [-0.2, -0.15) is 5.26 Å². The highest BCUT2D eigenvalue weighted by Crippen LogP contribution is 2.08. The van der Waals surface area contributed by atoms with Crippen LogP contribution >= 0.6 is 0 Å². The lowest BCUT2D eigenvalue weighted by molar-refractivity contribution is -0.130. The molecule has 0 aromatic heterocycles. The third-order valence-electron chi connectivity index (χ3n) is 1.38. The first-order valence-electron chi connectivity index (χ1n) is 4.74. The summed E-state index contributed by atoms with van der Waals surface area (Å²) in [5.74, 6) is -0.472. The van der Waals surface area contributed by atoms with Gasteiger partial charge < -0.3 is 4.43 Å². The molecule has 0 amide bonds. The number of unbranched alkanes of at least 4 members (excludes halogenated alkanes) is 1. The van der Waals surface area contributed by atoms with Crippen molar-refractivity contribution in [2.24, 2.45) is 0 Å². The molecular formula is C10H17NO2Si. The molecule has 0 rings (SSSR count). The number of rotatable bonds is 4. The van der Waals surface area contributed by atoms with Crippen molar-refractivity contribution in [2.45, 2.75) is 39.4 Å². The van der Waals surface area contributed by atoms with E-state index in [2.05, 4.69) is 0 Å². The first kappa shape index (κ1) is 12.9. The molecule has 0 saturated carbocycles. The molecule has 0 saturated heterocycles. The molecule has 0 aliphatic carbocycles. The van der Waals surface area contributed by atoms with Gasteiger partial charge in [0.05, 0.1) is 0 Å². The van der Waals surface area contributed by atoms with Gasteiger partial charge in [0.25, 0.3) is 0 Å². The van der Waals surface area contributed by atoms with Crippen molar-refractivity contribution in [3.63, 3.8) is 0 Å². The highest BCUT2D eigenvalue weighted by molar-refractivity contribution is 6.71. The van der Waals surface area contributed by atoms with E-state index in [1.165, 1.54) is 0 Å². The van der Waals surface area contributed by atoms with Crippen LogP contribution in [0.5, 0.6) is 0 Å². The van der Waals surface area contributed by atoms with Crippen molar-refractivity contribution < 1.29 is 9.22 Å². The minimum Gasteiger partial charge on any atom is -0.516 e. The maximum absolute atomic E-state index is 11.4. The Kier molecular flexibility index (Phi) is 5.17. The topological polar surface area (TPSA) is 50.1 Å². The molecule has 3 nitrogen and oxygen atoms in total. The SMILES string of the molecule is CCCC=C(C#N)C(=O)O[Si](C)(C)C. The van der Waals surface area contributed by atoms with Crippen LogP contribution in [-0.4, -0.2) is 14.3 Å². The van der Waals surface area contributed by atoms with E-state index in [-0.39, 0.29) is 5.57 Å². The zero-order valence-electron chi connectivity index (χ0n) is 9.26. The Balaban J connectivity index is 4.43. The zero-order valence-corrected chi connectivity index (χ0v) is 10.3. The smallest absolute Gasteiger partial charge is 0.335 e. The fraction of sp³-hybridized carbons (Fsp3) is 0.600. The lowest BCUT2D eigenvalue weighted by atomic mass is 10.2. The molecule has 14 heavy (non-hydrogen) atoms. The number of hydrogen-bond donors (Lipinski definition) is 0. The van der Waals surface area contributed by atoms with Crippen molar-refractivity contribution in [3.8, 4) is 6.07 Å². The summed E-state index contributed by atoms with van der Waals surface area (Å²) in [5.41, 5.74) is 0.134. The Bertz CT molecular complexity index is 271. The van der Waals surface area contributed by atoms with E-state index in [0.717, 1.165) is 12.8 Å². The van der Waals surface area contributed by atoms with E-state index >= 15 is 0 Å². The molecular weight excluding hydrogens is 194 g/mol. The first-order valence-corrected chi connectivity index (χ1v) is 8.15. The van der Waals surface area contributed by atoms with Gasteiger partial charge in [-0.25, -0.2) is 4.79 Å². The molecule has 78 valence electrons. The van der Waals surface area contributed by atoms with Crippen molar-refractivity contribution in [2.75, 3.05) is 0 Å². The molecule has 0 N–H and O–H groups in total. The molecule has 0 spiro atoms. The van der Waals surface area contributed by atoms with Gasteiger partial charge in [-0.05, 0) is 26.1 Å². The van der Waals surface area contributed by atoms with E-state index in [0.29, 0.717) is 0 Å². The zero-order chi connectivity index (χ0) is 11.2. The van der Waals surface area contributed by atoms with Crippen LogP contribution in [0.15, 0.2) is 11.6 Å². The minimum atomic E-state index is -1.88. The van der Waals surface area contributed by atoms with Gasteiger partial charge in [0.15, 0.2) is 0 Å². The highest BCUT2D eigenvalue weighted by Gasteiger charge is 2.22. The normalized spacial score (nSPS) is 12.1. The molecule has 0 heterocycles. The number of carbonyl (C=O) groups excluding carboxylic acids is 1. The number of nitrogens with zero attached hydrogens (tertiary/aromatic N) is 1. The maximum atomic E-state index is 11.4. The van der Waals surface area contributed by atoms with E-state index in [1.54, 1.807) is 6.08 Å². The van der Waals surface area contributed by atoms with Crippen LogP contribution in [0.2, 0.25) is 19.6 Å². The molecule has 0 aromatic carbocycles. The molecule has 4 heteroatoms. The Labute approximate surface area is 86.5 Å². The average Bonchev–Trinajstić information content (AvgIpc) is 2.02. The van der Waals surface area contributed by atoms with E-state index < -0.39 is 14.3 Å². The summed E-state index contributed by atoms with van der Waals surface area (Å²) >= 11 is 0. The summed E-state index contributed by atoms with van der Waals surface area (Å²) in [4.78, 5) is 11.4. The summed E-state index contributed by atoms with van der Waals surface area (Å²) in [6.45, 7) is 7.74. The number of nitriles is 1. The Morgan fingerprint density at radius 2 is 2.07 bits per heavy atom. The van der Waals surface area contributed by atoms with Crippen molar-refractivity contribution in [3.05, 3.63) is 11.6 Å². The van der Waals surface area contributed by atoms with Crippen LogP contribution < -0.4 is 0 Å². The Hall–Kier alpha value is -1.08. The molecule has 0 radical (unpaired) electrons. The van der Waals surface area contributed by atoms with E-state index in [4.69, 9.17) is 9.69 Å². The van der Waals surface area contributed by atoms with Crippen LogP contribution in [0.1, 0.15) is 19.8 Å². The molecule has 0 fully saturated rings. The van der Waals surface area contributed by atoms with Crippen LogP contribution in [0.3, 0.4) is 0 Å². The molecule has 0 aromatic rings. The van der Waals surface area contributed by atoms with Crippen molar-refractivity contribution >= 4 is 14.3 Å². The standard InChI is InChI=1S/C10H17NO2Si/c1-5-6-7-9(8-11)10(12)13-14(2,3)4/h7H,5-6H2,1-4H3. The van der Waals surface area contributed by atoms with Gasteiger partial charge in [0.1, 0.15) is 11.6 Å². The first-order chi connectivity index (χ1) is 6.40. The lowest BCUT2D eigenvalue weighted by Gasteiger charge is -2.16. The summed E-state index contributed by atoms with van der Waals surface area (Å²) in [5, 5.41) is 8.72. The quantitative estimate of drug-likeness (QED) is 0.408. The Morgan fingerprint density at radius 1 is 1.50 bits per heavy atom. The summed E-state index contributed by atoms with van der Waals surface area (Å²) in [7, 11) is -1.88. The van der Waals surface area contributed by atoms with Crippen LogP contribution in [-0.2, 0) is 9.22 Å². The van der Waals surface area contributed by atoms with Gasteiger partial charge in [-0.15, -0.1) is 0 Å². The van der Waals surface area contributed by atoms with Crippen LogP contribution in [0, 0.1) is 11.3 Å². The monoisotopic (exact) mass is 211 g/mol. The molecule has 0 aliphatic heterocycles. The molecule has 0 unspecified atom stereocenters. The van der Waals surface area contributed by atoms with Gasteiger partial charge in [-0.1, -0.05) is 19.4 Å². The number of allylic oxidation sites excluding steroid dienone is 1. The minimum absolute atomic E-state index is 0.134. The number of carbonyl (C=O) groups is 1. The summed E-state index contributed by atoms with van der Waals surface area (Å²) in [6, 6.07) is 1.87. The second kappa shape index (κ2) is 5.61. The average molecular weight is 211 g/mol. The predicted octanol–water partition coefficient (Wildman–Crippen LogP) is 2.61. The lowest BCUT2D eigenvalue weighted by Crippen LogP contribution is -2.29. The second-order valence-electron chi connectivity index (χ2n) is 4.02. The predicted molar refractivity (Wildman–Crippen MR) is 58.0 cm³/mol. The molecule has 0 aliphatic rings. The van der Waals surface area contributed by atoms with Crippen molar-refractivity contribution in [1.82, 2.24) is 0 Å². The van der Waals surface area contributed by atoms with Crippen molar-refractivity contribution in [1.29, 1.82) is 5.26 Å². The largest absolute Gasteiger partial charge is 0.516 e. The van der Waals surface area contributed by atoms with Gasteiger partial charge >= 0.3 is 5.97 Å². The van der Waals surface area contributed by atoms with E-state index in [9.17, 15) is 4.79 Å². The fourth-order valence-corrected chi connectivity index (χ4v) is 1.46.